The van der Waals surface area contributed by atoms with Crippen LogP contribution in [0.2, 0.25) is 0 Å². The largest absolute Gasteiger partial charge is 0.378 e. The van der Waals surface area contributed by atoms with E-state index in [1.54, 1.807) is 29.8 Å². The van der Waals surface area contributed by atoms with Crippen LogP contribution in [0.4, 0.5) is 21.6 Å². The van der Waals surface area contributed by atoms with Crippen LogP contribution in [0.3, 0.4) is 0 Å². The Labute approximate surface area is 161 Å². The van der Waals surface area contributed by atoms with Crippen molar-refractivity contribution in [2.24, 2.45) is 0 Å². The number of thiophene rings is 1. The Bertz CT molecular complexity index is 1090. The molecule has 4 rings (SSSR count). The maximum atomic E-state index is 13.4. The highest BCUT2D eigenvalue weighted by Crippen LogP contribution is 2.41. The fourth-order valence-corrected chi connectivity index (χ4v) is 4.10. The lowest BCUT2D eigenvalue weighted by atomic mass is 10.0. The van der Waals surface area contributed by atoms with E-state index in [4.69, 9.17) is 0 Å². The van der Waals surface area contributed by atoms with E-state index in [1.165, 1.54) is 12.1 Å². The molecule has 0 saturated heterocycles. The zero-order valence-corrected chi connectivity index (χ0v) is 16.1. The van der Waals surface area contributed by atoms with Crippen LogP contribution < -0.4 is 10.2 Å². The van der Waals surface area contributed by atoms with Gasteiger partial charge in [0.1, 0.15) is 22.8 Å². The van der Waals surface area contributed by atoms with Crippen LogP contribution in [0, 0.1) is 12.7 Å². The van der Waals surface area contributed by atoms with E-state index >= 15 is 0 Å². The van der Waals surface area contributed by atoms with Gasteiger partial charge in [0.25, 0.3) is 0 Å². The summed E-state index contributed by atoms with van der Waals surface area (Å²) in [5.74, 6) is 0.507. The van der Waals surface area contributed by atoms with Crippen LogP contribution in [0.1, 0.15) is 4.88 Å². The molecule has 4 nitrogen and oxygen atoms in total. The molecule has 0 aliphatic rings. The van der Waals surface area contributed by atoms with E-state index in [2.05, 4.69) is 39.2 Å². The molecule has 0 radical (unpaired) electrons. The van der Waals surface area contributed by atoms with Gasteiger partial charge in [0, 0.05) is 35.9 Å². The van der Waals surface area contributed by atoms with Crippen LogP contribution in [-0.2, 0) is 0 Å². The number of aryl methyl sites for hydroxylation is 1. The second-order valence-corrected chi connectivity index (χ2v) is 7.71. The molecule has 0 bridgehead atoms. The van der Waals surface area contributed by atoms with Crippen molar-refractivity contribution < 1.29 is 4.39 Å². The molecule has 0 atom stereocenters. The van der Waals surface area contributed by atoms with Gasteiger partial charge in [-0.15, -0.1) is 11.3 Å². The first-order chi connectivity index (χ1) is 13.0. The first-order valence-corrected chi connectivity index (χ1v) is 9.39. The van der Waals surface area contributed by atoms with Crippen molar-refractivity contribution in [3.63, 3.8) is 0 Å². The Morgan fingerprint density at radius 3 is 2.33 bits per heavy atom. The van der Waals surface area contributed by atoms with Gasteiger partial charge in [0.05, 0.1) is 5.39 Å². The van der Waals surface area contributed by atoms with Gasteiger partial charge in [-0.3, -0.25) is 0 Å². The van der Waals surface area contributed by atoms with Crippen LogP contribution in [0.5, 0.6) is 0 Å². The lowest BCUT2D eigenvalue weighted by molar-refractivity contribution is 0.628. The van der Waals surface area contributed by atoms with Gasteiger partial charge in [-0.25, -0.2) is 14.4 Å². The molecular formula is C21H19FN4S. The number of hydrogen-bond donors (Lipinski definition) is 1. The summed E-state index contributed by atoms with van der Waals surface area (Å²) in [4.78, 5) is 13.0. The van der Waals surface area contributed by atoms with Gasteiger partial charge < -0.3 is 10.2 Å². The Morgan fingerprint density at radius 1 is 0.963 bits per heavy atom. The van der Waals surface area contributed by atoms with Crippen molar-refractivity contribution in [3.05, 3.63) is 65.6 Å². The summed E-state index contributed by atoms with van der Waals surface area (Å²) in [7, 11) is 4.03. The predicted molar refractivity (Wildman–Crippen MR) is 112 cm³/mol. The zero-order chi connectivity index (χ0) is 19.0. The second kappa shape index (κ2) is 6.96. The van der Waals surface area contributed by atoms with Crippen molar-refractivity contribution in [2.75, 3.05) is 24.3 Å². The Hall–Kier alpha value is -2.99. The summed E-state index contributed by atoms with van der Waals surface area (Å²) in [6.45, 7) is 2.06. The molecule has 136 valence electrons. The first kappa shape index (κ1) is 17.4. The first-order valence-electron chi connectivity index (χ1n) is 8.57. The number of rotatable bonds is 4. The second-order valence-electron chi connectivity index (χ2n) is 6.51. The molecule has 0 unspecified atom stereocenters. The molecule has 2 heterocycles. The molecule has 4 aromatic rings. The van der Waals surface area contributed by atoms with E-state index < -0.39 is 0 Å². The summed E-state index contributed by atoms with van der Waals surface area (Å²) < 4.78 is 13.4. The highest BCUT2D eigenvalue weighted by atomic mass is 32.1. The molecule has 2 aromatic heterocycles. The summed E-state index contributed by atoms with van der Waals surface area (Å²) in [6, 6.07) is 14.7. The molecule has 0 saturated carbocycles. The lowest BCUT2D eigenvalue weighted by Crippen LogP contribution is -2.08. The van der Waals surface area contributed by atoms with Crippen LogP contribution in [0.15, 0.2) is 54.9 Å². The van der Waals surface area contributed by atoms with Crippen molar-refractivity contribution in [1.29, 1.82) is 0 Å². The van der Waals surface area contributed by atoms with Gasteiger partial charge in [-0.2, -0.15) is 0 Å². The molecule has 1 N–H and O–H groups in total. The number of benzene rings is 2. The average molecular weight is 378 g/mol. The van der Waals surface area contributed by atoms with Gasteiger partial charge in [-0.05, 0) is 48.9 Å². The van der Waals surface area contributed by atoms with Gasteiger partial charge >= 0.3 is 0 Å². The molecule has 0 fully saturated rings. The zero-order valence-electron chi connectivity index (χ0n) is 15.3. The molecule has 27 heavy (non-hydrogen) atoms. The molecule has 0 aliphatic heterocycles. The maximum Gasteiger partial charge on any atom is 0.143 e. The number of aromatic nitrogens is 2. The molecule has 0 spiro atoms. The third-order valence-electron chi connectivity index (χ3n) is 4.44. The molecule has 0 amide bonds. The topological polar surface area (TPSA) is 41.1 Å². The molecule has 6 heteroatoms. The Kier molecular flexibility index (Phi) is 4.49. The highest BCUT2D eigenvalue weighted by Gasteiger charge is 2.17. The fourth-order valence-electron chi connectivity index (χ4n) is 3.08. The average Bonchev–Trinajstić information content (AvgIpc) is 3.00. The van der Waals surface area contributed by atoms with Crippen molar-refractivity contribution in [1.82, 2.24) is 9.97 Å². The number of anilines is 3. The molecular weight excluding hydrogens is 359 g/mol. The van der Waals surface area contributed by atoms with Crippen LogP contribution in [-0.4, -0.2) is 24.1 Å². The highest BCUT2D eigenvalue weighted by molar-refractivity contribution is 7.19. The van der Waals surface area contributed by atoms with Crippen molar-refractivity contribution in [2.45, 2.75) is 6.92 Å². The summed E-state index contributed by atoms with van der Waals surface area (Å²) in [5, 5.41) is 4.37. The third-order valence-corrected chi connectivity index (χ3v) is 5.46. The van der Waals surface area contributed by atoms with Crippen LogP contribution in [0.25, 0.3) is 21.3 Å². The van der Waals surface area contributed by atoms with Crippen LogP contribution >= 0.6 is 11.3 Å². The normalized spacial score (nSPS) is 11.0. The summed E-state index contributed by atoms with van der Waals surface area (Å²) in [6.07, 6.45) is 1.57. The fraction of sp³-hybridized carbons (Fsp3) is 0.143. The summed E-state index contributed by atoms with van der Waals surface area (Å²) >= 11 is 1.62. The number of fused-ring (bicyclic) bond motifs is 1. The molecule has 2 aromatic carbocycles. The maximum absolute atomic E-state index is 13.4. The Morgan fingerprint density at radius 2 is 1.67 bits per heavy atom. The van der Waals surface area contributed by atoms with E-state index in [-0.39, 0.29) is 5.82 Å². The van der Waals surface area contributed by atoms with E-state index in [1.807, 2.05) is 26.2 Å². The Balaban J connectivity index is 1.80. The van der Waals surface area contributed by atoms with Crippen molar-refractivity contribution in [3.8, 4) is 11.1 Å². The number of hydrogen-bond acceptors (Lipinski definition) is 5. The van der Waals surface area contributed by atoms with Crippen molar-refractivity contribution >= 4 is 38.7 Å². The number of nitrogens with one attached hydrogen (secondary N) is 1. The smallest absolute Gasteiger partial charge is 0.143 e. The molecule has 0 aliphatic carbocycles. The minimum Gasteiger partial charge on any atom is -0.378 e. The third kappa shape index (κ3) is 3.36. The quantitative estimate of drug-likeness (QED) is 0.501. The summed E-state index contributed by atoms with van der Waals surface area (Å²) in [5.41, 5.74) is 4.09. The van der Waals surface area contributed by atoms with E-state index in [0.29, 0.717) is 0 Å². The monoisotopic (exact) mass is 378 g/mol. The van der Waals surface area contributed by atoms with Gasteiger partial charge in [0.15, 0.2) is 0 Å². The lowest BCUT2D eigenvalue weighted by Gasteiger charge is -2.13. The van der Waals surface area contributed by atoms with E-state index in [0.717, 1.165) is 43.4 Å². The minimum atomic E-state index is -0.244. The number of halogens is 1. The standard InChI is InChI=1S/C21H19FN4S/c1-13-18(14-4-6-15(22)7-5-14)19-20(23-12-24-21(19)27-13)25-16-8-10-17(11-9-16)26(2)3/h4-12H,1-3H3,(H,23,24,25). The van der Waals surface area contributed by atoms with Gasteiger partial charge in [-0.1, -0.05) is 12.1 Å². The minimum absolute atomic E-state index is 0.244. The van der Waals surface area contributed by atoms with Gasteiger partial charge in [0.2, 0.25) is 0 Å². The van der Waals surface area contributed by atoms with E-state index in [9.17, 15) is 4.39 Å². The predicted octanol–water partition coefficient (Wildman–Crippen LogP) is 5.62. The number of nitrogens with zero attached hydrogens (tertiary/aromatic N) is 3. The SMILES string of the molecule is Cc1sc2ncnc(Nc3ccc(N(C)C)cc3)c2c1-c1ccc(F)cc1.